The Kier molecular flexibility index (Phi) is 5.77. The van der Waals surface area contributed by atoms with Gasteiger partial charge in [-0.3, -0.25) is 4.90 Å². The second kappa shape index (κ2) is 8.22. The normalized spacial score (nSPS) is 16.0. The summed E-state index contributed by atoms with van der Waals surface area (Å²) in [7, 11) is 0. The number of urea groups is 1. The highest BCUT2D eigenvalue weighted by molar-refractivity contribution is 6.30. The number of furan rings is 1. The average molecular weight is 348 g/mol. The lowest BCUT2D eigenvalue weighted by Gasteiger charge is -2.32. The van der Waals surface area contributed by atoms with Crippen LogP contribution in [-0.2, 0) is 13.1 Å². The van der Waals surface area contributed by atoms with Crippen LogP contribution in [0.3, 0.4) is 0 Å². The number of rotatable bonds is 5. The van der Waals surface area contributed by atoms with Crippen LogP contribution in [0.1, 0.15) is 24.2 Å². The van der Waals surface area contributed by atoms with Crippen LogP contribution in [0.5, 0.6) is 0 Å². The molecule has 0 atom stereocenters. The quantitative estimate of drug-likeness (QED) is 0.871. The summed E-state index contributed by atoms with van der Waals surface area (Å²) in [6.45, 7) is 3.29. The van der Waals surface area contributed by atoms with Crippen LogP contribution in [-0.4, -0.2) is 30.1 Å². The Morgan fingerprint density at radius 3 is 2.62 bits per heavy atom. The molecule has 3 rings (SSSR count). The maximum atomic E-state index is 11.9. The van der Waals surface area contributed by atoms with E-state index < -0.39 is 0 Å². The minimum atomic E-state index is -0.137. The average Bonchev–Trinajstić information content (AvgIpc) is 3.10. The van der Waals surface area contributed by atoms with Gasteiger partial charge in [-0.1, -0.05) is 23.7 Å². The van der Waals surface area contributed by atoms with Crippen molar-refractivity contribution in [1.29, 1.82) is 0 Å². The van der Waals surface area contributed by atoms with Crippen LogP contribution < -0.4 is 10.6 Å². The van der Waals surface area contributed by atoms with E-state index in [1.165, 1.54) is 5.56 Å². The number of halogens is 1. The van der Waals surface area contributed by atoms with Crippen molar-refractivity contribution in [3.63, 3.8) is 0 Å². The molecule has 0 radical (unpaired) electrons. The molecule has 0 saturated carbocycles. The van der Waals surface area contributed by atoms with Crippen molar-refractivity contribution < 1.29 is 9.21 Å². The predicted octanol–water partition coefficient (Wildman–Crippen LogP) is 3.40. The van der Waals surface area contributed by atoms with Gasteiger partial charge in [0.15, 0.2) is 0 Å². The molecule has 1 aromatic heterocycles. The van der Waals surface area contributed by atoms with E-state index in [-0.39, 0.29) is 12.1 Å². The van der Waals surface area contributed by atoms with Crippen LogP contribution in [0.15, 0.2) is 47.1 Å². The molecule has 0 spiro atoms. The smallest absolute Gasteiger partial charge is 0.315 e. The highest BCUT2D eigenvalue weighted by Gasteiger charge is 2.20. The molecule has 2 N–H and O–H groups in total. The summed E-state index contributed by atoms with van der Waals surface area (Å²) in [5.74, 6) is 0.753. The number of piperidine rings is 1. The molecular formula is C18H22ClN3O2. The van der Waals surface area contributed by atoms with Crippen LogP contribution in [0.4, 0.5) is 4.79 Å². The van der Waals surface area contributed by atoms with Crippen molar-refractivity contribution in [3.8, 4) is 0 Å². The van der Waals surface area contributed by atoms with Gasteiger partial charge in [0.2, 0.25) is 0 Å². The summed E-state index contributed by atoms with van der Waals surface area (Å²) < 4.78 is 5.19. The van der Waals surface area contributed by atoms with Gasteiger partial charge >= 0.3 is 6.03 Å². The standard InChI is InChI=1S/C18H22ClN3O2/c19-15-5-3-14(4-6-15)13-22-9-7-16(8-10-22)21-18(23)20-12-17-2-1-11-24-17/h1-6,11,16H,7-10,12-13H2,(H2,20,21,23). The van der Waals surface area contributed by atoms with Gasteiger partial charge in [-0.15, -0.1) is 0 Å². The van der Waals surface area contributed by atoms with Crippen LogP contribution >= 0.6 is 11.6 Å². The molecular weight excluding hydrogens is 326 g/mol. The molecule has 1 fully saturated rings. The van der Waals surface area contributed by atoms with E-state index >= 15 is 0 Å². The molecule has 1 aromatic carbocycles. The number of carbonyl (C=O) groups excluding carboxylic acids is 1. The molecule has 0 unspecified atom stereocenters. The van der Waals surface area contributed by atoms with Crippen molar-refractivity contribution in [1.82, 2.24) is 15.5 Å². The Morgan fingerprint density at radius 2 is 1.96 bits per heavy atom. The van der Waals surface area contributed by atoms with Crippen molar-refractivity contribution >= 4 is 17.6 Å². The first-order chi connectivity index (χ1) is 11.7. The number of nitrogens with one attached hydrogen (secondary N) is 2. The highest BCUT2D eigenvalue weighted by atomic mass is 35.5. The summed E-state index contributed by atoms with van der Waals surface area (Å²) in [6.07, 6.45) is 3.52. The lowest BCUT2D eigenvalue weighted by Crippen LogP contribution is -2.47. The first kappa shape index (κ1) is 16.9. The zero-order chi connectivity index (χ0) is 16.8. The molecule has 2 heterocycles. The maximum absolute atomic E-state index is 11.9. The fourth-order valence-electron chi connectivity index (χ4n) is 2.90. The number of likely N-dealkylation sites (tertiary alicyclic amines) is 1. The molecule has 5 nitrogen and oxygen atoms in total. The lowest BCUT2D eigenvalue weighted by molar-refractivity contribution is 0.186. The second-order valence-corrected chi connectivity index (χ2v) is 6.52. The number of hydrogen-bond donors (Lipinski definition) is 2. The molecule has 1 saturated heterocycles. The third-order valence-electron chi connectivity index (χ3n) is 4.25. The topological polar surface area (TPSA) is 57.5 Å². The van der Waals surface area contributed by atoms with E-state index in [1.54, 1.807) is 6.26 Å². The molecule has 128 valence electrons. The van der Waals surface area contributed by atoms with Gasteiger partial charge in [-0.05, 0) is 42.7 Å². The van der Waals surface area contributed by atoms with E-state index in [4.69, 9.17) is 16.0 Å². The Morgan fingerprint density at radius 1 is 1.21 bits per heavy atom. The van der Waals surface area contributed by atoms with Gasteiger partial charge in [0.05, 0.1) is 12.8 Å². The summed E-state index contributed by atoms with van der Waals surface area (Å²) in [4.78, 5) is 14.3. The van der Waals surface area contributed by atoms with Crippen LogP contribution in [0.2, 0.25) is 5.02 Å². The van der Waals surface area contributed by atoms with Crippen molar-refractivity contribution in [2.75, 3.05) is 13.1 Å². The molecule has 2 amide bonds. The first-order valence-electron chi connectivity index (χ1n) is 8.22. The second-order valence-electron chi connectivity index (χ2n) is 6.08. The SMILES string of the molecule is O=C(NCc1ccco1)NC1CCN(Cc2ccc(Cl)cc2)CC1. The van der Waals surface area contributed by atoms with Crippen LogP contribution in [0.25, 0.3) is 0 Å². The van der Waals surface area contributed by atoms with Gasteiger partial charge < -0.3 is 15.1 Å². The van der Waals surface area contributed by atoms with E-state index in [0.29, 0.717) is 6.54 Å². The zero-order valence-electron chi connectivity index (χ0n) is 13.5. The Labute approximate surface area is 147 Å². The van der Waals surface area contributed by atoms with Crippen LogP contribution in [0, 0.1) is 0 Å². The number of nitrogens with zero attached hydrogens (tertiary/aromatic N) is 1. The largest absolute Gasteiger partial charge is 0.467 e. The summed E-state index contributed by atoms with van der Waals surface area (Å²) in [6, 6.07) is 11.7. The fourth-order valence-corrected chi connectivity index (χ4v) is 3.03. The summed E-state index contributed by atoms with van der Waals surface area (Å²) in [5.41, 5.74) is 1.27. The van der Waals surface area contributed by atoms with E-state index in [1.807, 2.05) is 24.3 Å². The number of hydrogen-bond acceptors (Lipinski definition) is 3. The molecule has 1 aliphatic rings. The Hall–Kier alpha value is -1.98. The van der Waals surface area contributed by atoms with Gasteiger partial charge in [0.25, 0.3) is 0 Å². The van der Waals surface area contributed by atoms with E-state index in [9.17, 15) is 4.79 Å². The maximum Gasteiger partial charge on any atom is 0.315 e. The highest BCUT2D eigenvalue weighted by Crippen LogP contribution is 2.16. The lowest BCUT2D eigenvalue weighted by atomic mass is 10.0. The third-order valence-corrected chi connectivity index (χ3v) is 4.50. The number of benzene rings is 1. The number of amides is 2. The minimum Gasteiger partial charge on any atom is -0.467 e. The third kappa shape index (κ3) is 5.01. The minimum absolute atomic E-state index is 0.137. The van der Waals surface area contributed by atoms with Crippen molar-refractivity contribution in [2.45, 2.75) is 32.0 Å². The molecule has 24 heavy (non-hydrogen) atoms. The zero-order valence-corrected chi connectivity index (χ0v) is 14.3. The van der Waals surface area contributed by atoms with Gasteiger partial charge in [0.1, 0.15) is 5.76 Å². The van der Waals surface area contributed by atoms with Gasteiger partial charge in [-0.25, -0.2) is 4.79 Å². The monoisotopic (exact) mass is 347 g/mol. The van der Waals surface area contributed by atoms with E-state index in [0.717, 1.165) is 43.3 Å². The number of carbonyl (C=O) groups is 1. The summed E-state index contributed by atoms with van der Waals surface area (Å²) >= 11 is 5.91. The first-order valence-corrected chi connectivity index (χ1v) is 8.60. The molecule has 0 bridgehead atoms. The molecule has 1 aliphatic heterocycles. The summed E-state index contributed by atoms with van der Waals surface area (Å²) in [5, 5.41) is 6.62. The van der Waals surface area contributed by atoms with Gasteiger partial charge in [-0.2, -0.15) is 0 Å². The Balaban J connectivity index is 1.37. The molecule has 0 aliphatic carbocycles. The van der Waals surface area contributed by atoms with E-state index in [2.05, 4.69) is 27.7 Å². The fraction of sp³-hybridized carbons (Fsp3) is 0.389. The molecule has 2 aromatic rings. The van der Waals surface area contributed by atoms with Crippen molar-refractivity contribution in [2.24, 2.45) is 0 Å². The van der Waals surface area contributed by atoms with Gasteiger partial charge in [0, 0.05) is 30.7 Å². The molecule has 6 heteroatoms. The Bertz CT molecular complexity index is 635. The predicted molar refractivity (Wildman–Crippen MR) is 93.8 cm³/mol. The van der Waals surface area contributed by atoms with Crippen molar-refractivity contribution in [3.05, 3.63) is 59.0 Å².